The molecule has 3 aromatic rings. The van der Waals surface area contributed by atoms with Gasteiger partial charge in [-0.05, 0) is 31.0 Å². The highest BCUT2D eigenvalue weighted by molar-refractivity contribution is 6.10. The lowest BCUT2D eigenvalue weighted by molar-refractivity contribution is 0.0996. The summed E-state index contributed by atoms with van der Waals surface area (Å²) in [6.07, 6.45) is 3.51. The van der Waals surface area contributed by atoms with E-state index < -0.39 is 0 Å². The molecule has 32 heavy (non-hydrogen) atoms. The largest absolute Gasteiger partial charge is 0.492 e. The van der Waals surface area contributed by atoms with Crippen LogP contribution < -0.4 is 20.3 Å². The second kappa shape index (κ2) is 7.27. The highest BCUT2D eigenvalue weighted by Gasteiger charge is 2.34. The maximum absolute atomic E-state index is 13.4. The number of ether oxygens (including phenoxy) is 1. The smallest absolute Gasteiger partial charge is 0.260 e. The van der Waals surface area contributed by atoms with Crippen LogP contribution in [0.1, 0.15) is 33.6 Å². The highest BCUT2D eigenvalue weighted by atomic mass is 16.5. The Labute approximate surface area is 186 Å². The van der Waals surface area contributed by atoms with Crippen LogP contribution in [0.2, 0.25) is 0 Å². The molecule has 8 heteroatoms. The van der Waals surface area contributed by atoms with Crippen LogP contribution >= 0.6 is 0 Å². The van der Waals surface area contributed by atoms with Crippen molar-refractivity contribution in [2.75, 3.05) is 29.5 Å². The van der Waals surface area contributed by atoms with Crippen LogP contribution in [-0.2, 0) is 13.0 Å². The van der Waals surface area contributed by atoms with E-state index in [0.29, 0.717) is 30.5 Å². The molecule has 1 aromatic carbocycles. The van der Waals surface area contributed by atoms with Crippen molar-refractivity contribution in [3.8, 4) is 17.0 Å². The van der Waals surface area contributed by atoms with Crippen LogP contribution in [0.25, 0.3) is 11.3 Å². The number of para-hydroxylation sites is 1. The first kappa shape index (κ1) is 19.2. The number of aromatic nitrogens is 3. The van der Waals surface area contributed by atoms with Gasteiger partial charge < -0.3 is 15.4 Å². The summed E-state index contributed by atoms with van der Waals surface area (Å²) >= 11 is 0. The average molecular weight is 428 g/mol. The third-order valence-electron chi connectivity index (χ3n) is 6.43. The van der Waals surface area contributed by atoms with Crippen LogP contribution in [0.3, 0.4) is 0 Å². The van der Waals surface area contributed by atoms with Crippen LogP contribution in [0.4, 0.5) is 11.8 Å². The summed E-state index contributed by atoms with van der Waals surface area (Å²) in [6, 6.07) is 9.91. The first-order valence-corrected chi connectivity index (χ1v) is 11.0. The summed E-state index contributed by atoms with van der Waals surface area (Å²) in [4.78, 5) is 31.2. The number of rotatable bonds is 3. The Balaban J connectivity index is 1.39. The predicted molar refractivity (Wildman–Crippen MR) is 121 cm³/mol. The molecule has 1 fully saturated rings. The van der Waals surface area contributed by atoms with E-state index in [1.54, 1.807) is 17.2 Å². The molecule has 6 rings (SSSR count). The van der Waals surface area contributed by atoms with Crippen LogP contribution in [0.5, 0.6) is 5.75 Å². The van der Waals surface area contributed by atoms with E-state index in [-0.39, 0.29) is 11.9 Å². The van der Waals surface area contributed by atoms with Gasteiger partial charge in [0.05, 0.1) is 18.8 Å². The van der Waals surface area contributed by atoms with Gasteiger partial charge in [-0.2, -0.15) is 4.98 Å². The quantitative estimate of drug-likeness (QED) is 0.684. The molecule has 0 aliphatic carbocycles. The minimum absolute atomic E-state index is 0.0701. The maximum atomic E-state index is 13.4. The Kier molecular flexibility index (Phi) is 4.36. The van der Waals surface area contributed by atoms with E-state index in [4.69, 9.17) is 15.5 Å². The fraction of sp³-hybridized carbons (Fsp3) is 0.333. The molecule has 162 valence electrons. The molecule has 1 unspecified atom stereocenters. The zero-order chi connectivity index (χ0) is 21.8. The summed E-state index contributed by atoms with van der Waals surface area (Å²) in [5.74, 6) is 2.04. The molecule has 0 spiro atoms. The number of nitrogens with zero attached hydrogens (tertiary/aromatic N) is 5. The van der Waals surface area contributed by atoms with Crippen molar-refractivity contribution in [3.05, 3.63) is 58.9 Å². The van der Waals surface area contributed by atoms with Crippen molar-refractivity contribution in [2.24, 2.45) is 5.73 Å². The van der Waals surface area contributed by atoms with Gasteiger partial charge >= 0.3 is 0 Å². The van der Waals surface area contributed by atoms with E-state index >= 15 is 0 Å². The topological polar surface area (TPSA) is 97.5 Å². The number of pyridine rings is 1. The molecule has 8 nitrogen and oxygen atoms in total. The first-order chi connectivity index (χ1) is 15.6. The molecule has 1 saturated heterocycles. The first-order valence-electron chi connectivity index (χ1n) is 11.0. The molecule has 2 aromatic heterocycles. The minimum Gasteiger partial charge on any atom is -0.492 e. The van der Waals surface area contributed by atoms with Crippen LogP contribution in [-0.4, -0.2) is 46.6 Å². The van der Waals surface area contributed by atoms with Gasteiger partial charge in [-0.3, -0.25) is 14.7 Å². The van der Waals surface area contributed by atoms with E-state index in [1.165, 1.54) is 5.56 Å². The van der Waals surface area contributed by atoms with Gasteiger partial charge in [0.25, 0.3) is 5.91 Å². The highest BCUT2D eigenvalue weighted by Crippen LogP contribution is 2.40. The number of fused-ring (bicyclic) bond motifs is 2. The standard InChI is InChI=1S/C24H24N6O2/c1-14-11-20(28-24(27-14)29-9-6-16(25)12-29)30-13-19-17(23(30)31)5-8-26-21(19)18-4-2-3-15-7-10-32-22(15)18/h2-5,8,11,16H,6-7,9-10,12-13,25H2,1H3. The summed E-state index contributed by atoms with van der Waals surface area (Å²) in [7, 11) is 0. The van der Waals surface area contributed by atoms with Gasteiger partial charge in [0, 0.05) is 60.2 Å². The molecule has 2 N–H and O–H groups in total. The lowest BCUT2D eigenvalue weighted by Gasteiger charge is -2.20. The van der Waals surface area contributed by atoms with Crippen molar-refractivity contribution in [1.82, 2.24) is 15.0 Å². The summed E-state index contributed by atoms with van der Waals surface area (Å²) in [5.41, 5.74) is 11.4. The molecular formula is C24H24N6O2. The van der Waals surface area contributed by atoms with Gasteiger partial charge in [0.1, 0.15) is 11.6 Å². The van der Waals surface area contributed by atoms with Gasteiger partial charge in [-0.1, -0.05) is 12.1 Å². The second-order valence-electron chi connectivity index (χ2n) is 8.63. The van der Waals surface area contributed by atoms with Crippen molar-refractivity contribution in [3.63, 3.8) is 0 Å². The number of nitrogens with two attached hydrogens (primary N) is 1. The molecule has 1 amide bonds. The molecule has 3 aliphatic rings. The SMILES string of the molecule is Cc1cc(N2Cc3c(ccnc3-c3cccc4c3OCC4)C2=O)nc(N2CCC(N)C2)n1. The minimum atomic E-state index is -0.0701. The fourth-order valence-corrected chi connectivity index (χ4v) is 4.83. The zero-order valence-electron chi connectivity index (χ0n) is 17.9. The number of hydrogen-bond acceptors (Lipinski definition) is 7. The lowest BCUT2D eigenvalue weighted by Crippen LogP contribution is -2.29. The second-order valence-corrected chi connectivity index (χ2v) is 8.63. The Morgan fingerprint density at radius 1 is 1.19 bits per heavy atom. The molecule has 0 saturated carbocycles. The molecule has 1 atom stereocenters. The number of anilines is 2. The molecule has 3 aliphatic heterocycles. The monoisotopic (exact) mass is 428 g/mol. The van der Waals surface area contributed by atoms with Crippen molar-refractivity contribution in [1.29, 1.82) is 0 Å². The van der Waals surface area contributed by atoms with E-state index in [1.807, 2.05) is 25.1 Å². The Morgan fingerprint density at radius 2 is 2.09 bits per heavy atom. The van der Waals surface area contributed by atoms with Crippen molar-refractivity contribution in [2.45, 2.75) is 32.4 Å². The Bertz CT molecular complexity index is 1240. The molecule has 5 heterocycles. The van der Waals surface area contributed by atoms with Crippen molar-refractivity contribution >= 4 is 17.7 Å². The van der Waals surface area contributed by atoms with E-state index in [2.05, 4.69) is 20.9 Å². The lowest BCUT2D eigenvalue weighted by atomic mass is 10.00. The Hall–Kier alpha value is -3.52. The van der Waals surface area contributed by atoms with E-state index in [9.17, 15) is 4.79 Å². The summed E-state index contributed by atoms with van der Waals surface area (Å²) in [5, 5.41) is 0. The number of amides is 1. The number of carbonyl (C=O) groups excluding carboxylic acids is 1. The average Bonchev–Trinajstić information content (AvgIpc) is 3.52. The van der Waals surface area contributed by atoms with Gasteiger partial charge in [-0.15, -0.1) is 0 Å². The zero-order valence-corrected chi connectivity index (χ0v) is 17.9. The van der Waals surface area contributed by atoms with Gasteiger partial charge in [0.15, 0.2) is 0 Å². The van der Waals surface area contributed by atoms with E-state index in [0.717, 1.165) is 54.2 Å². The summed E-state index contributed by atoms with van der Waals surface area (Å²) < 4.78 is 5.90. The molecular weight excluding hydrogens is 404 g/mol. The maximum Gasteiger partial charge on any atom is 0.260 e. The summed E-state index contributed by atoms with van der Waals surface area (Å²) in [6.45, 7) is 4.57. The predicted octanol–water partition coefficient (Wildman–Crippen LogP) is 2.48. The Morgan fingerprint density at radius 3 is 2.94 bits per heavy atom. The third-order valence-corrected chi connectivity index (χ3v) is 6.43. The fourth-order valence-electron chi connectivity index (χ4n) is 4.83. The number of hydrogen-bond donors (Lipinski definition) is 1. The third kappa shape index (κ3) is 3.02. The molecule has 0 bridgehead atoms. The number of benzene rings is 1. The van der Waals surface area contributed by atoms with Gasteiger partial charge in [0.2, 0.25) is 5.95 Å². The van der Waals surface area contributed by atoms with Crippen LogP contribution in [0, 0.1) is 6.92 Å². The number of aryl methyl sites for hydroxylation is 1. The normalized spacial score (nSPS) is 19.3. The van der Waals surface area contributed by atoms with Gasteiger partial charge in [-0.25, -0.2) is 4.98 Å². The number of carbonyl (C=O) groups is 1. The van der Waals surface area contributed by atoms with Crippen molar-refractivity contribution < 1.29 is 9.53 Å². The van der Waals surface area contributed by atoms with Crippen LogP contribution in [0.15, 0.2) is 36.5 Å². The molecule has 0 radical (unpaired) electrons.